The van der Waals surface area contributed by atoms with Gasteiger partial charge in [-0.1, -0.05) is 60.7 Å². The third-order valence-corrected chi connectivity index (χ3v) is 7.95. The number of halogens is 1. The molecular formula is C28H29BrN2O4. The topological polar surface area (TPSA) is 80.4 Å². The van der Waals surface area contributed by atoms with E-state index in [1.54, 1.807) is 12.1 Å². The number of hydrogen-bond donors (Lipinski definition) is 1. The van der Waals surface area contributed by atoms with E-state index in [0.29, 0.717) is 22.5 Å². The van der Waals surface area contributed by atoms with Gasteiger partial charge in [0.05, 0.1) is 24.6 Å². The van der Waals surface area contributed by atoms with Crippen molar-refractivity contribution in [3.63, 3.8) is 0 Å². The summed E-state index contributed by atoms with van der Waals surface area (Å²) in [6.45, 7) is 2.91. The molecule has 3 aromatic rings. The number of ketones is 1. The molecule has 7 heteroatoms. The number of hydrogen-bond acceptors (Lipinski definition) is 4. The molecule has 3 heterocycles. The van der Waals surface area contributed by atoms with Crippen LogP contribution in [0.5, 0.6) is 0 Å². The molecular weight excluding hydrogens is 508 g/mol. The molecule has 0 saturated carbocycles. The highest BCUT2D eigenvalue weighted by molar-refractivity contribution is 5.97. The highest BCUT2D eigenvalue weighted by atomic mass is 79.9. The number of nitro groups is 1. The third-order valence-electron chi connectivity index (χ3n) is 7.95. The molecule has 0 aromatic heterocycles. The molecule has 6 rings (SSSR count). The minimum Gasteiger partial charge on any atom is -1.00 e. The van der Waals surface area contributed by atoms with Crippen LogP contribution in [0.1, 0.15) is 34.3 Å². The number of quaternary nitrogens is 1. The first-order valence-corrected chi connectivity index (χ1v) is 11.9. The summed E-state index contributed by atoms with van der Waals surface area (Å²) >= 11 is 0. The van der Waals surface area contributed by atoms with Crippen LogP contribution < -0.4 is 17.0 Å². The minimum absolute atomic E-state index is 0. The summed E-state index contributed by atoms with van der Waals surface area (Å²) in [5.41, 5.74) is 1.13. The highest BCUT2D eigenvalue weighted by Gasteiger charge is 2.55. The van der Waals surface area contributed by atoms with Crippen LogP contribution in [0.2, 0.25) is 0 Å². The molecule has 182 valence electrons. The van der Waals surface area contributed by atoms with Gasteiger partial charge in [-0.25, -0.2) is 0 Å². The molecule has 0 spiro atoms. The van der Waals surface area contributed by atoms with Gasteiger partial charge in [-0.05, 0) is 29.2 Å². The van der Waals surface area contributed by atoms with Gasteiger partial charge in [0.1, 0.15) is 12.1 Å². The first kappa shape index (κ1) is 25.2. The monoisotopic (exact) mass is 536 g/mol. The van der Waals surface area contributed by atoms with Gasteiger partial charge in [-0.3, -0.25) is 14.9 Å². The molecule has 1 unspecified atom stereocenters. The normalized spacial score (nSPS) is 23.3. The number of aliphatic hydroxyl groups is 1. The average molecular weight is 537 g/mol. The Kier molecular flexibility index (Phi) is 7.22. The van der Waals surface area contributed by atoms with Gasteiger partial charge in [0.2, 0.25) is 5.78 Å². The second-order valence-electron chi connectivity index (χ2n) is 9.80. The van der Waals surface area contributed by atoms with Gasteiger partial charge in [0.25, 0.3) is 5.69 Å². The van der Waals surface area contributed by atoms with Gasteiger partial charge in [-0.2, -0.15) is 0 Å². The number of benzene rings is 3. The maximum atomic E-state index is 13.2. The highest BCUT2D eigenvalue weighted by Crippen LogP contribution is 2.49. The second-order valence-corrected chi connectivity index (χ2v) is 9.80. The van der Waals surface area contributed by atoms with E-state index in [1.807, 2.05) is 60.7 Å². The summed E-state index contributed by atoms with van der Waals surface area (Å²) in [5, 5.41) is 23.3. The molecule has 3 aliphatic rings. The molecule has 6 nitrogen and oxygen atoms in total. The van der Waals surface area contributed by atoms with Crippen molar-refractivity contribution in [2.24, 2.45) is 11.8 Å². The van der Waals surface area contributed by atoms with Crippen LogP contribution in [0.15, 0.2) is 84.9 Å². The quantitative estimate of drug-likeness (QED) is 0.215. The number of non-ortho nitro benzene ring substituents is 1. The maximum absolute atomic E-state index is 13.2. The summed E-state index contributed by atoms with van der Waals surface area (Å²) in [4.78, 5) is 23.7. The largest absolute Gasteiger partial charge is 1.00 e. The molecule has 3 aliphatic heterocycles. The summed E-state index contributed by atoms with van der Waals surface area (Å²) in [5.74, 6) is 0.376. The maximum Gasteiger partial charge on any atom is 0.269 e. The fraction of sp³-hybridized carbons (Fsp3) is 0.321. The zero-order valence-electron chi connectivity index (χ0n) is 19.4. The molecule has 3 fully saturated rings. The summed E-state index contributed by atoms with van der Waals surface area (Å²) < 4.78 is 0.652. The lowest BCUT2D eigenvalue weighted by atomic mass is 9.64. The number of piperidine rings is 3. The van der Waals surface area contributed by atoms with Crippen molar-refractivity contribution in [3.05, 3.63) is 112 Å². The Morgan fingerprint density at radius 1 is 0.914 bits per heavy atom. The molecule has 0 aliphatic carbocycles. The van der Waals surface area contributed by atoms with E-state index in [9.17, 15) is 20.0 Å². The van der Waals surface area contributed by atoms with Crippen molar-refractivity contribution in [2.45, 2.75) is 18.4 Å². The number of nitrogens with zero attached hydrogens (tertiary/aromatic N) is 2. The van der Waals surface area contributed by atoms with Gasteiger partial charge in [0, 0.05) is 36.5 Å². The first-order chi connectivity index (χ1) is 16.4. The van der Waals surface area contributed by atoms with Crippen LogP contribution in [-0.2, 0) is 5.60 Å². The zero-order chi connectivity index (χ0) is 23.8. The Morgan fingerprint density at radius 2 is 1.43 bits per heavy atom. The van der Waals surface area contributed by atoms with E-state index in [-0.39, 0.29) is 34.4 Å². The molecule has 3 saturated heterocycles. The summed E-state index contributed by atoms with van der Waals surface area (Å²) in [6, 6.07) is 25.7. The Bertz CT molecular complexity index is 1140. The molecule has 35 heavy (non-hydrogen) atoms. The van der Waals surface area contributed by atoms with E-state index in [2.05, 4.69) is 0 Å². The van der Waals surface area contributed by atoms with Gasteiger partial charge < -0.3 is 26.6 Å². The van der Waals surface area contributed by atoms with E-state index in [0.717, 1.165) is 43.6 Å². The second kappa shape index (κ2) is 10.0. The summed E-state index contributed by atoms with van der Waals surface area (Å²) in [7, 11) is 0. The number of carbonyl (C=O) groups excluding carboxylic acids is 1. The lowest BCUT2D eigenvalue weighted by Gasteiger charge is -2.56. The van der Waals surface area contributed by atoms with Crippen molar-refractivity contribution < 1.29 is 36.3 Å². The van der Waals surface area contributed by atoms with Crippen molar-refractivity contribution in [1.29, 1.82) is 0 Å². The lowest BCUT2D eigenvalue weighted by molar-refractivity contribution is -0.940. The molecule has 1 atom stereocenters. The van der Waals surface area contributed by atoms with Gasteiger partial charge in [-0.15, -0.1) is 0 Å². The lowest BCUT2D eigenvalue weighted by Crippen LogP contribution is -3.00. The zero-order valence-corrected chi connectivity index (χ0v) is 21.0. The van der Waals surface area contributed by atoms with Gasteiger partial charge in [0.15, 0.2) is 0 Å². The number of Topliss-reactive ketones (excluding diaryl/α,β-unsaturated/α-hetero) is 1. The molecule has 1 N–H and O–H groups in total. The number of carbonyl (C=O) groups is 1. The fourth-order valence-corrected chi connectivity index (χ4v) is 6.13. The molecule has 0 radical (unpaired) electrons. The predicted molar refractivity (Wildman–Crippen MR) is 129 cm³/mol. The van der Waals surface area contributed by atoms with E-state index < -0.39 is 10.5 Å². The SMILES string of the molecule is O=C(C[N+]12CCC(CC1)C(C(O)(c1ccccc1)c1ccccc1)C2)c1ccc([N+](=O)[O-])cc1.[Br-]. The summed E-state index contributed by atoms with van der Waals surface area (Å²) in [6.07, 6.45) is 1.94. The fourth-order valence-electron chi connectivity index (χ4n) is 6.13. The first-order valence-electron chi connectivity index (χ1n) is 11.9. The molecule has 3 aromatic carbocycles. The number of rotatable bonds is 7. The molecule has 0 amide bonds. The van der Waals surface area contributed by atoms with Crippen molar-refractivity contribution in [1.82, 2.24) is 0 Å². The van der Waals surface area contributed by atoms with E-state index in [4.69, 9.17) is 0 Å². The Labute approximate surface area is 215 Å². The number of nitro benzene ring substituents is 1. The standard InChI is InChI=1S/C28H29N2O4.BrH/c31-27(22-11-13-25(14-12-22)29(33)34)20-30-17-15-21(16-18-30)26(19-30)28(32,23-7-3-1-4-8-23)24-9-5-2-6-10-24;/h1-14,21,26,32H,15-20H2;1H/q+1;/p-1. The smallest absolute Gasteiger partial charge is 0.269 e. The van der Waals surface area contributed by atoms with Crippen molar-refractivity contribution in [2.75, 3.05) is 26.2 Å². The van der Waals surface area contributed by atoms with Crippen LogP contribution in [0, 0.1) is 22.0 Å². The minimum atomic E-state index is -1.13. The van der Waals surface area contributed by atoms with Gasteiger partial charge >= 0.3 is 0 Å². The van der Waals surface area contributed by atoms with E-state index in [1.165, 1.54) is 12.1 Å². The molecule has 2 bridgehead atoms. The predicted octanol–water partition coefficient (Wildman–Crippen LogP) is 1.57. The Balaban J connectivity index is 0.00000289. The van der Waals surface area contributed by atoms with Crippen molar-refractivity contribution in [3.8, 4) is 0 Å². The average Bonchev–Trinajstić information content (AvgIpc) is 2.89. The van der Waals surface area contributed by atoms with Crippen molar-refractivity contribution >= 4 is 11.5 Å². The van der Waals surface area contributed by atoms with Crippen LogP contribution in [0.25, 0.3) is 0 Å². The Morgan fingerprint density at radius 3 is 1.91 bits per heavy atom. The van der Waals surface area contributed by atoms with E-state index >= 15 is 0 Å². The van der Waals surface area contributed by atoms with Crippen LogP contribution in [0.4, 0.5) is 5.69 Å². The van der Waals surface area contributed by atoms with Crippen LogP contribution >= 0.6 is 0 Å². The van der Waals surface area contributed by atoms with Crippen LogP contribution in [-0.4, -0.2) is 46.5 Å². The Hall–Kier alpha value is -2.87. The number of fused-ring (bicyclic) bond motifs is 3. The third kappa shape index (κ3) is 4.68. The van der Waals surface area contributed by atoms with Crippen LogP contribution in [0.3, 0.4) is 0 Å².